The summed E-state index contributed by atoms with van der Waals surface area (Å²) in [5, 5.41) is 10.8. The zero-order chi connectivity index (χ0) is 24.7. The van der Waals surface area contributed by atoms with Crippen molar-refractivity contribution in [1.82, 2.24) is 19.1 Å². The molecule has 1 atom stereocenters. The van der Waals surface area contributed by atoms with Crippen molar-refractivity contribution in [2.24, 2.45) is 19.8 Å². The summed E-state index contributed by atoms with van der Waals surface area (Å²) in [7, 11) is 3.58. The molecule has 8 heteroatoms. The molecule has 3 heterocycles. The van der Waals surface area contributed by atoms with E-state index in [1.807, 2.05) is 35.9 Å². The highest BCUT2D eigenvalue weighted by molar-refractivity contribution is 6.30. The molecular weight excluding hydrogens is 460 g/mol. The van der Waals surface area contributed by atoms with E-state index in [-0.39, 0.29) is 5.56 Å². The van der Waals surface area contributed by atoms with Gasteiger partial charge in [0.15, 0.2) is 0 Å². The lowest BCUT2D eigenvalue weighted by Crippen LogP contribution is -2.41. The van der Waals surface area contributed by atoms with Crippen LogP contribution in [0.1, 0.15) is 22.5 Å². The maximum Gasteiger partial charge on any atom is 0.251 e. The van der Waals surface area contributed by atoms with Crippen molar-refractivity contribution >= 4 is 22.5 Å². The first kappa shape index (κ1) is 22.5. The first-order chi connectivity index (χ1) is 16.8. The number of nitrogens with two attached hydrogens (primary N) is 1. The third kappa shape index (κ3) is 3.69. The van der Waals surface area contributed by atoms with Crippen LogP contribution in [0.2, 0.25) is 5.02 Å². The molecule has 0 aliphatic heterocycles. The Balaban J connectivity index is 1.84. The number of imidazole rings is 1. The van der Waals surface area contributed by atoms with E-state index in [2.05, 4.69) is 11.1 Å². The Morgan fingerprint density at radius 3 is 2.51 bits per heavy atom. The molecule has 3 aromatic heterocycles. The third-order valence-electron chi connectivity index (χ3n) is 6.36. The van der Waals surface area contributed by atoms with Crippen LogP contribution in [-0.2, 0) is 19.6 Å². The fourth-order valence-electron chi connectivity index (χ4n) is 4.44. The van der Waals surface area contributed by atoms with Gasteiger partial charge in [0.2, 0.25) is 0 Å². The fraction of sp³-hybridized carbons (Fsp3) is 0.111. The highest BCUT2D eigenvalue weighted by Crippen LogP contribution is 2.36. The van der Waals surface area contributed by atoms with Crippen LogP contribution in [0, 0.1) is 11.3 Å². The van der Waals surface area contributed by atoms with E-state index in [4.69, 9.17) is 22.3 Å². The number of aryl methyl sites for hydroxylation is 2. The lowest BCUT2D eigenvalue weighted by molar-refractivity contribution is 0.579. The average Bonchev–Trinajstić information content (AvgIpc) is 3.32. The minimum atomic E-state index is -1.15. The van der Waals surface area contributed by atoms with Crippen molar-refractivity contribution in [2.45, 2.75) is 5.54 Å². The van der Waals surface area contributed by atoms with Gasteiger partial charge in [0, 0.05) is 30.6 Å². The summed E-state index contributed by atoms with van der Waals surface area (Å²) in [6.07, 6.45) is 5.08. The quantitative estimate of drug-likeness (QED) is 0.417. The van der Waals surface area contributed by atoms with E-state index in [0.717, 1.165) is 22.2 Å². The maximum atomic E-state index is 12.8. The summed E-state index contributed by atoms with van der Waals surface area (Å²) in [6, 6.07) is 20.2. The van der Waals surface area contributed by atoms with Gasteiger partial charge >= 0.3 is 0 Å². The van der Waals surface area contributed by atoms with E-state index >= 15 is 0 Å². The van der Waals surface area contributed by atoms with E-state index in [9.17, 15) is 10.1 Å². The number of fused-ring (bicyclic) bond motifs is 1. The number of benzene rings is 2. The van der Waals surface area contributed by atoms with Crippen molar-refractivity contribution < 1.29 is 0 Å². The van der Waals surface area contributed by atoms with Crippen LogP contribution in [0.5, 0.6) is 0 Å². The molecule has 0 spiro atoms. The zero-order valence-electron chi connectivity index (χ0n) is 19.1. The summed E-state index contributed by atoms with van der Waals surface area (Å²) in [5.41, 5.74) is 10.6. The Bertz CT molecular complexity index is 1680. The van der Waals surface area contributed by atoms with E-state index in [0.29, 0.717) is 27.4 Å². The zero-order valence-corrected chi connectivity index (χ0v) is 19.9. The maximum absolute atomic E-state index is 12.8. The number of nitriles is 1. The molecule has 0 saturated heterocycles. The molecule has 0 amide bonds. The van der Waals surface area contributed by atoms with Gasteiger partial charge in [-0.1, -0.05) is 35.9 Å². The molecule has 2 N–H and O–H groups in total. The van der Waals surface area contributed by atoms with Gasteiger partial charge in [0.1, 0.15) is 5.54 Å². The third-order valence-corrected chi connectivity index (χ3v) is 6.61. The molecule has 0 bridgehead atoms. The summed E-state index contributed by atoms with van der Waals surface area (Å²) < 4.78 is 3.41. The number of hydrogen-bond donors (Lipinski definition) is 1. The fourth-order valence-corrected chi connectivity index (χ4v) is 4.56. The van der Waals surface area contributed by atoms with Gasteiger partial charge in [-0.25, -0.2) is 4.98 Å². The highest BCUT2D eigenvalue weighted by Gasteiger charge is 2.36. The van der Waals surface area contributed by atoms with Gasteiger partial charge in [-0.05, 0) is 47.0 Å². The van der Waals surface area contributed by atoms with E-state index in [1.165, 1.54) is 0 Å². The van der Waals surface area contributed by atoms with Crippen molar-refractivity contribution in [2.75, 3.05) is 0 Å². The van der Waals surface area contributed by atoms with Crippen molar-refractivity contribution in [3.8, 4) is 17.2 Å². The van der Waals surface area contributed by atoms with E-state index < -0.39 is 5.54 Å². The van der Waals surface area contributed by atoms with Crippen LogP contribution < -0.4 is 11.3 Å². The molecule has 5 rings (SSSR count). The standard InChI is InChI=1S/C27H21ClN6O/c1-33-16-31-15-25(33)27(30,19-6-8-20(28)9-7-19)24-11-22-21(18-5-3-4-17(10-18)13-29)12-26(35)34(2)23(22)14-32-24/h3-12,14-16H,30H2,1-2H3/t27-/m1/s1. The molecule has 172 valence electrons. The predicted octanol–water partition coefficient (Wildman–Crippen LogP) is 4.11. The molecule has 7 nitrogen and oxygen atoms in total. The summed E-state index contributed by atoms with van der Waals surface area (Å²) >= 11 is 6.16. The van der Waals surface area contributed by atoms with Crippen molar-refractivity contribution in [1.29, 1.82) is 5.26 Å². The topological polar surface area (TPSA) is 103 Å². The van der Waals surface area contributed by atoms with Gasteiger partial charge in [-0.2, -0.15) is 5.26 Å². The normalized spacial score (nSPS) is 12.9. The Hall–Kier alpha value is -4.25. The van der Waals surface area contributed by atoms with Crippen LogP contribution in [0.25, 0.3) is 22.0 Å². The van der Waals surface area contributed by atoms with Gasteiger partial charge in [0.05, 0.1) is 47.3 Å². The predicted molar refractivity (Wildman–Crippen MR) is 136 cm³/mol. The van der Waals surface area contributed by atoms with E-state index in [1.54, 1.807) is 66.7 Å². The second-order valence-electron chi connectivity index (χ2n) is 8.44. The van der Waals surface area contributed by atoms with Crippen molar-refractivity contribution in [3.05, 3.63) is 117 Å². The number of rotatable bonds is 4. The summed E-state index contributed by atoms with van der Waals surface area (Å²) in [5.74, 6) is 0. The monoisotopic (exact) mass is 480 g/mol. The van der Waals surface area contributed by atoms with Gasteiger partial charge in [0.25, 0.3) is 5.56 Å². The average molecular weight is 481 g/mol. The molecule has 0 fully saturated rings. The van der Waals surface area contributed by atoms with Crippen LogP contribution in [-0.4, -0.2) is 19.1 Å². The smallest absolute Gasteiger partial charge is 0.251 e. The minimum Gasteiger partial charge on any atom is -0.335 e. The van der Waals surface area contributed by atoms with Gasteiger partial charge in [-0.15, -0.1) is 0 Å². The highest BCUT2D eigenvalue weighted by atomic mass is 35.5. The molecule has 0 aliphatic carbocycles. The molecule has 0 aliphatic rings. The van der Waals surface area contributed by atoms with Gasteiger partial charge < -0.3 is 14.9 Å². The Morgan fingerprint density at radius 1 is 1.06 bits per heavy atom. The van der Waals surface area contributed by atoms with Crippen LogP contribution >= 0.6 is 11.6 Å². The molecule has 0 unspecified atom stereocenters. The number of halogens is 1. The Morgan fingerprint density at radius 2 is 1.83 bits per heavy atom. The lowest BCUT2D eigenvalue weighted by atomic mass is 9.83. The summed E-state index contributed by atoms with van der Waals surface area (Å²) in [4.78, 5) is 21.8. The number of hydrogen-bond acceptors (Lipinski definition) is 5. The van der Waals surface area contributed by atoms with Gasteiger partial charge in [-0.3, -0.25) is 9.78 Å². The number of aromatic nitrogens is 4. The minimum absolute atomic E-state index is 0.173. The molecule has 0 radical (unpaired) electrons. The molecule has 2 aromatic carbocycles. The molecule has 5 aromatic rings. The number of pyridine rings is 2. The summed E-state index contributed by atoms with van der Waals surface area (Å²) in [6.45, 7) is 0. The first-order valence-corrected chi connectivity index (χ1v) is 11.2. The molecule has 35 heavy (non-hydrogen) atoms. The molecular formula is C27H21ClN6O. The molecule has 0 saturated carbocycles. The lowest BCUT2D eigenvalue weighted by Gasteiger charge is -2.30. The Labute approximate surface area is 206 Å². The van der Waals surface area contributed by atoms with Crippen LogP contribution in [0.3, 0.4) is 0 Å². The van der Waals surface area contributed by atoms with Crippen LogP contribution in [0.4, 0.5) is 0 Å². The second kappa shape index (κ2) is 8.51. The van der Waals surface area contributed by atoms with Crippen LogP contribution in [0.15, 0.2) is 84.2 Å². The number of nitrogens with zero attached hydrogens (tertiary/aromatic N) is 5. The largest absolute Gasteiger partial charge is 0.335 e. The SMILES string of the molecule is Cn1cncc1[C@@](N)(c1ccc(Cl)cc1)c1cc2c(-c3cccc(C#N)c3)cc(=O)n(C)c2cn1. The second-order valence-corrected chi connectivity index (χ2v) is 8.88. The Kier molecular flexibility index (Phi) is 5.48. The van der Waals surface area contributed by atoms with Crippen molar-refractivity contribution in [3.63, 3.8) is 0 Å². The first-order valence-electron chi connectivity index (χ1n) is 10.9.